The molecule has 0 bridgehead atoms. The van der Waals surface area contributed by atoms with Crippen molar-refractivity contribution in [1.29, 1.82) is 0 Å². The summed E-state index contributed by atoms with van der Waals surface area (Å²) in [4.78, 5) is 26.2. The summed E-state index contributed by atoms with van der Waals surface area (Å²) in [5, 5.41) is 13.4. The molecule has 2 aliphatic rings. The van der Waals surface area contributed by atoms with Crippen molar-refractivity contribution in [1.82, 2.24) is 19.7 Å². The first kappa shape index (κ1) is 17.4. The van der Waals surface area contributed by atoms with Gasteiger partial charge < -0.3 is 14.7 Å². The molecule has 3 aromatic rings. The lowest BCUT2D eigenvalue weighted by molar-refractivity contribution is -0.140. The molecule has 1 aromatic carbocycles. The second-order valence-corrected chi connectivity index (χ2v) is 7.04. The molecule has 29 heavy (non-hydrogen) atoms. The molecule has 0 radical (unpaired) electrons. The first-order valence-corrected chi connectivity index (χ1v) is 9.25. The van der Waals surface area contributed by atoms with E-state index in [0.29, 0.717) is 24.8 Å². The molecule has 5 rings (SSSR count). The van der Waals surface area contributed by atoms with Gasteiger partial charge in [0.05, 0.1) is 12.7 Å². The average Bonchev–Trinajstić information content (AvgIpc) is 3.09. The number of anilines is 1. The summed E-state index contributed by atoms with van der Waals surface area (Å²) in [6.45, 7) is 4.78. The summed E-state index contributed by atoms with van der Waals surface area (Å²) in [6.07, 6.45) is 4.92. The van der Waals surface area contributed by atoms with Crippen LogP contribution in [-0.2, 0) is 4.79 Å². The van der Waals surface area contributed by atoms with Gasteiger partial charge in [-0.25, -0.2) is 19.8 Å². The lowest BCUT2D eigenvalue weighted by atomic mass is 10.0. The van der Waals surface area contributed by atoms with E-state index in [1.54, 1.807) is 19.3 Å². The molecular formula is C20H18N6O3. The molecule has 0 aliphatic carbocycles. The van der Waals surface area contributed by atoms with Crippen LogP contribution < -0.4 is 9.64 Å². The van der Waals surface area contributed by atoms with E-state index >= 15 is 0 Å². The molecule has 0 saturated carbocycles. The number of aryl methyl sites for hydroxylation is 1. The number of carbonyl (C=O) groups is 1. The van der Waals surface area contributed by atoms with Crippen LogP contribution in [0.2, 0.25) is 0 Å². The summed E-state index contributed by atoms with van der Waals surface area (Å²) >= 11 is 0. The van der Waals surface area contributed by atoms with Crippen LogP contribution in [0.1, 0.15) is 24.1 Å². The molecule has 2 aromatic heterocycles. The fourth-order valence-electron chi connectivity index (χ4n) is 3.58. The number of ether oxygens (including phenoxy) is 1. The van der Waals surface area contributed by atoms with Crippen molar-refractivity contribution < 1.29 is 14.6 Å². The van der Waals surface area contributed by atoms with E-state index in [0.717, 1.165) is 33.8 Å². The van der Waals surface area contributed by atoms with Crippen molar-refractivity contribution in [3.63, 3.8) is 0 Å². The maximum absolute atomic E-state index is 11.2. The number of aliphatic carboxylic acids is 1. The third-order valence-electron chi connectivity index (χ3n) is 5.23. The Labute approximate surface area is 166 Å². The standard InChI is InChI=1S/C20H18N6O3/c1-11-7-14(3-4-15(11)13-8-23-26(9-13)12(2)20(27)28)25-5-6-29-19-16-17(21-10-22-19)24-18(16)25/h3-4,7-10,12H,5-6H2,1-2H3,(H,27,28). The number of hydrogen-bond donors (Lipinski definition) is 1. The van der Waals surface area contributed by atoms with Crippen LogP contribution in [0.3, 0.4) is 0 Å². The maximum atomic E-state index is 11.2. The Balaban J connectivity index is 1.46. The van der Waals surface area contributed by atoms with Crippen molar-refractivity contribution in [3.05, 3.63) is 48.0 Å². The van der Waals surface area contributed by atoms with Gasteiger partial charge in [-0.2, -0.15) is 5.10 Å². The Kier molecular flexibility index (Phi) is 3.83. The average molecular weight is 390 g/mol. The number of rotatable bonds is 4. The molecule has 9 nitrogen and oxygen atoms in total. The molecule has 146 valence electrons. The zero-order valence-electron chi connectivity index (χ0n) is 15.9. The number of benzene rings is 1. The molecule has 2 aliphatic heterocycles. The zero-order valence-corrected chi connectivity index (χ0v) is 15.9. The fraction of sp³-hybridized carbons (Fsp3) is 0.250. The van der Waals surface area contributed by atoms with Crippen LogP contribution in [0.4, 0.5) is 11.5 Å². The topological polar surface area (TPSA) is 106 Å². The maximum Gasteiger partial charge on any atom is 0.328 e. The third-order valence-corrected chi connectivity index (χ3v) is 5.23. The highest BCUT2D eigenvalue weighted by Gasteiger charge is 2.33. The smallest absolute Gasteiger partial charge is 0.328 e. The van der Waals surface area contributed by atoms with E-state index in [-0.39, 0.29) is 0 Å². The fourth-order valence-corrected chi connectivity index (χ4v) is 3.58. The van der Waals surface area contributed by atoms with Crippen LogP contribution in [-0.4, -0.2) is 49.8 Å². The normalized spacial score (nSPS) is 15.5. The van der Waals surface area contributed by atoms with Gasteiger partial charge in [-0.05, 0) is 37.1 Å². The Morgan fingerprint density at radius 1 is 1.31 bits per heavy atom. The van der Waals surface area contributed by atoms with E-state index < -0.39 is 12.0 Å². The SMILES string of the molecule is Cc1cc(N2CCOc3ncnc4c3C2=N4)ccc1-c1cnn(C(C)C(=O)O)c1. The highest BCUT2D eigenvalue weighted by atomic mass is 16.5. The Morgan fingerprint density at radius 3 is 2.97 bits per heavy atom. The molecule has 9 heteroatoms. The number of hydrogen-bond acceptors (Lipinski definition) is 7. The molecule has 1 unspecified atom stereocenters. The summed E-state index contributed by atoms with van der Waals surface area (Å²) in [7, 11) is 0. The van der Waals surface area contributed by atoms with E-state index in [9.17, 15) is 9.90 Å². The van der Waals surface area contributed by atoms with Gasteiger partial charge in [-0.3, -0.25) is 4.68 Å². The Bertz CT molecular complexity index is 1170. The van der Waals surface area contributed by atoms with E-state index in [2.05, 4.69) is 31.0 Å². The number of nitrogens with zero attached hydrogens (tertiary/aromatic N) is 6. The number of carboxylic acid groups (broad SMARTS) is 1. The molecule has 0 fully saturated rings. The highest BCUT2D eigenvalue weighted by molar-refractivity contribution is 6.20. The summed E-state index contributed by atoms with van der Waals surface area (Å²) in [6, 6.07) is 5.41. The van der Waals surface area contributed by atoms with Crippen LogP contribution in [0, 0.1) is 6.92 Å². The van der Waals surface area contributed by atoms with E-state index in [4.69, 9.17) is 4.74 Å². The second kappa shape index (κ2) is 6.40. The molecule has 1 N–H and O–H groups in total. The van der Waals surface area contributed by atoms with Crippen LogP contribution in [0.5, 0.6) is 5.88 Å². The van der Waals surface area contributed by atoms with Gasteiger partial charge in [-0.1, -0.05) is 6.07 Å². The first-order chi connectivity index (χ1) is 14.0. The van der Waals surface area contributed by atoms with Crippen LogP contribution >= 0.6 is 0 Å². The summed E-state index contributed by atoms with van der Waals surface area (Å²) in [5.74, 6) is 1.14. The van der Waals surface area contributed by atoms with Gasteiger partial charge in [0.2, 0.25) is 5.88 Å². The lowest BCUT2D eigenvalue weighted by Gasteiger charge is -2.28. The van der Waals surface area contributed by atoms with Gasteiger partial charge in [-0.15, -0.1) is 0 Å². The van der Waals surface area contributed by atoms with Gasteiger partial charge in [0.1, 0.15) is 24.5 Å². The number of aromatic nitrogens is 4. The first-order valence-electron chi connectivity index (χ1n) is 9.25. The minimum Gasteiger partial charge on any atom is -0.480 e. The van der Waals surface area contributed by atoms with Crippen molar-refractivity contribution in [2.45, 2.75) is 19.9 Å². The monoisotopic (exact) mass is 390 g/mol. The van der Waals surface area contributed by atoms with Crippen molar-refractivity contribution in [2.24, 2.45) is 4.99 Å². The van der Waals surface area contributed by atoms with Gasteiger partial charge in [0.15, 0.2) is 11.7 Å². The lowest BCUT2D eigenvalue weighted by Crippen LogP contribution is -2.35. The van der Waals surface area contributed by atoms with Crippen LogP contribution in [0.15, 0.2) is 41.9 Å². The highest BCUT2D eigenvalue weighted by Crippen LogP contribution is 2.38. The zero-order chi connectivity index (χ0) is 20.1. The molecule has 0 amide bonds. The molecule has 1 atom stereocenters. The van der Waals surface area contributed by atoms with Crippen LogP contribution in [0.25, 0.3) is 11.1 Å². The molecule has 4 heterocycles. The van der Waals surface area contributed by atoms with Crippen molar-refractivity contribution in [3.8, 4) is 17.0 Å². The van der Waals surface area contributed by atoms with E-state index in [1.807, 2.05) is 19.1 Å². The predicted octanol–water partition coefficient (Wildman–Crippen LogP) is 2.58. The van der Waals surface area contributed by atoms with E-state index in [1.165, 1.54) is 11.0 Å². The Hall–Kier alpha value is -3.75. The van der Waals surface area contributed by atoms with Gasteiger partial charge in [0.25, 0.3) is 0 Å². The summed E-state index contributed by atoms with van der Waals surface area (Å²) < 4.78 is 7.20. The van der Waals surface area contributed by atoms with Gasteiger partial charge in [0, 0.05) is 17.4 Å². The Morgan fingerprint density at radius 2 is 2.17 bits per heavy atom. The predicted molar refractivity (Wildman–Crippen MR) is 106 cm³/mol. The largest absolute Gasteiger partial charge is 0.480 e. The molecule has 0 saturated heterocycles. The molecular weight excluding hydrogens is 372 g/mol. The number of carboxylic acids is 1. The quantitative estimate of drug-likeness (QED) is 0.730. The van der Waals surface area contributed by atoms with Crippen molar-refractivity contribution >= 4 is 23.3 Å². The minimum atomic E-state index is -0.917. The van der Waals surface area contributed by atoms with Crippen molar-refractivity contribution in [2.75, 3.05) is 18.1 Å². The minimum absolute atomic E-state index is 0.503. The van der Waals surface area contributed by atoms with Gasteiger partial charge >= 0.3 is 5.97 Å². The number of aliphatic imine (C=N–C) groups is 1. The third kappa shape index (κ3) is 2.74. The summed E-state index contributed by atoms with van der Waals surface area (Å²) in [5.41, 5.74) is 4.80. The second-order valence-electron chi connectivity index (χ2n) is 7.04. The number of amidine groups is 1. The molecule has 0 spiro atoms.